The number of rotatable bonds is 0. The van der Waals surface area contributed by atoms with Crippen LogP contribution in [0.1, 0.15) is 11.1 Å². The lowest BCUT2D eigenvalue weighted by atomic mass is 10.0. The molecule has 0 amide bonds. The normalized spacial score (nSPS) is 10.4. The van der Waals surface area contributed by atoms with Crippen molar-refractivity contribution in [1.82, 2.24) is 0 Å². The second-order valence-corrected chi connectivity index (χ2v) is 3.46. The van der Waals surface area contributed by atoms with E-state index in [2.05, 4.69) is 55.1 Å². The number of hydrogen-bond acceptors (Lipinski definition) is 1. The summed E-state index contributed by atoms with van der Waals surface area (Å²) in [6.45, 7) is 3.12. The minimum absolute atomic E-state index is 1.18. The molecule has 0 bridgehead atoms. The molecule has 1 nitrogen and oxygen atoms in total. The molecule has 0 N–H and O–H groups in total. The van der Waals surface area contributed by atoms with Crippen molar-refractivity contribution in [2.24, 2.45) is 0 Å². The number of nitrogens with zero attached hydrogens (tertiary/aromatic N) is 1. The van der Waals surface area contributed by atoms with Crippen molar-refractivity contribution in [3.8, 4) is 6.07 Å². The Labute approximate surface area is 95.0 Å². The van der Waals surface area contributed by atoms with Gasteiger partial charge in [0, 0.05) is 6.08 Å². The molecule has 1 aliphatic carbocycles. The Balaban J connectivity index is 0.000000212. The van der Waals surface area contributed by atoms with Crippen molar-refractivity contribution in [2.45, 2.75) is 0 Å². The molecule has 0 fully saturated rings. The molecule has 0 radical (unpaired) electrons. The molecular weight excluding hydrogens is 194 g/mol. The van der Waals surface area contributed by atoms with Gasteiger partial charge in [0.15, 0.2) is 0 Å². The molecule has 0 spiro atoms. The Hall–Kier alpha value is -2.33. The van der Waals surface area contributed by atoms with Crippen molar-refractivity contribution >= 4 is 22.9 Å². The van der Waals surface area contributed by atoms with Crippen LogP contribution in [0.2, 0.25) is 0 Å². The lowest BCUT2D eigenvalue weighted by Crippen LogP contribution is -1.76. The standard InChI is InChI=1S/C12H8.C3H3N/c1-3-9-4-2-6-11-8-7-10(5-1)12(9)11;1-2-3-4/h1-8H;2H,1H2. The summed E-state index contributed by atoms with van der Waals surface area (Å²) in [5.41, 5.74) is 2.70. The van der Waals surface area contributed by atoms with Gasteiger partial charge in [-0.1, -0.05) is 55.1 Å². The second kappa shape index (κ2) is 4.46. The molecule has 1 heteroatoms. The van der Waals surface area contributed by atoms with E-state index in [4.69, 9.17) is 5.26 Å². The van der Waals surface area contributed by atoms with Crippen LogP contribution in [0.5, 0.6) is 0 Å². The first-order chi connectivity index (χ1) is 7.86. The maximum atomic E-state index is 7.51. The topological polar surface area (TPSA) is 23.8 Å². The zero-order chi connectivity index (χ0) is 11.4. The van der Waals surface area contributed by atoms with Gasteiger partial charge in [-0.3, -0.25) is 0 Å². The zero-order valence-corrected chi connectivity index (χ0v) is 8.85. The van der Waals surface area contributed by atoms with E-state index in [1.165, 1.54) is 28.0 Å². The van der Waals surface area contributed by atoms with E-state index < -0.39 is 0 Å². The molecule has 0 aliphatic heterocycles. The molecule has 16 heavy (non-hydrogen) atoms. The van der Waals surface area contributed by atoms with Crippen LogP contribution in [-0.4, -0.2) is 0 Å². The van der Waals surface area contributed by atoms with Gasteiger partial charge in [0.2, 0.25) is 0 Å². The molecule has 2 aromatic carbocycles. The van der Waals surface area contributed by atoms with Crippen LogP contribution in [0.3, 0.4) is 0 Å². The number of allylic oxidation sites excluding steroid dienone is 1. The fourth-order valence-electron chi connectivity index (χ4n) is 1.86. The summed E-state index contributed by atoms with van der Waals surface area (Å²) in [6, 6.07) is 14.6. The molecule has 2 aromatic rings. The molecule has 3 rings (SSSR count). The second-order valence-electron chi connectivity index (χ2n) is 3.46. The molecule has 1 aliphatic rings. The number of hydrogen-bond donors (Lipinski definition) is 0. The van der Waals surface area contributed by atoms with Gasteiger partial charge < -0.3 is 0 Å². The van der Waals surface area contributed by atoms with Crippen LogP contribution in [0.25, 0.3) is 22.9 Å². The van der Waals surface area contributed by atoms with Crippen molar-refractivity contribution in [3.05, 3.63) is 60.2 Å². The third-order valence-corrected chi connectivity index (χ3v) is 2.50. The Kier molecular flexibility index (Phi) is 2.84. The maximum Gasteiger partial charge on any atom is 0.0905 e. The molecule has 76 valence electrons. The van der Waals surface area contributed by atoms with Crippen LogP contribution in [0.4, 0.5) is 0 Å². The summed E-state index contributed by atoms with van der Waals surface area (Å²) in [5, 5.41) is 10.3. The molecule has 0 saturated carbocycles. The minimum atomic E-state index is 1.18. The maximum absolute atomic E-state index is 7.51. The average molecular weight is 205 g/mol. The molecule has 0 atom stereocenters. The van der Waals surface area contributed by atoms with Crippen LogP contribution >= 0.6 is 0 Å². The summed E-state index contributed by atoms with van der Waals surface area (Å²) in [6.07, 6.45) is 5.54. The van der Waals surface area contributed by atoms with E-state index in [1.807, 2.05) is 0 Å². The van der Waals surface area contributed by atoms with Gasteiger partial charge >= 0.3 is 0 Å². The van der Waals surface area contributed by atoms with E-state index in [0.29, 0.717) is 0 Å². The Morgan fingerprint density at radius 3 is 1.94 bits per heavy atom. The van der Waals surface area contributed by atoms with Crippen molar-refractivity contribution in [2.75, 3.05) is 0 Å². The van der Waals surface area contributed by atoms with Crippen molar-refractivity contribution in [3.63, 3.8) is 0 Å². The molecule has 0 saturated heterocycles. The Morgan fingerprint density at radius 1 is 1.00 bits per heavy atom. The average Bonchev–Trinajstić information content (AvgIpc) is 2.76. The number of nitriles is 1. The largest absolute Gasteiger partial charge is 0.193 e. The van der Waals surface area contributed by atoms with Gasteiger partial charge in [0.1, 0.15) is 0 Å². The van der Waals surface area contributed by atoms with Gasteiger partial charge in [-0.15, -0.1) is 0 Å². The molecule has 0 aromatic heterocycles. The van der Waals surface area contributed by atoms with E-state index in [0.717, 1.165) is 0 Å². The van der Waals surface area contributed by atoms with Gasteiger partial charge in [-0.25, -0.2) is 0 Å². The van der Waals surface area contributed by atoms with E-state index in [9.17, 15) is 0 Å². The van der Waals surface area contributed by atoms with Crippen molar-refractivity contribution in [1.29, 1.82) is 5.26 Å². The lowest BCUT2D eigenvalue weighted by Gasteiger charge is -1.99. The highest BCUT2D eigenvalue weighted by molar-refractivity contribution is 6.04. The first-order valence-electron chi connectivity index (χ1n) is 5.07. The molecule has 0 heterocycles. The van der Waals surface area contributed by atoms with E-state index in [1.54, 1.807) is 6.07 Å². The third kappa shape index (κ3) is 1.74. The first kappa shape index (κ1) is 10.2. The monoisotopic (exact) mass is 205 g/mol. The minimum Gasteiger partial charge on any atom is -0.193 e. The smallest absolute Gasteiger partial charge is 0.0905 e. The third-order valence-electron chi connectivity index (χ3n) is 2.50. The summed E-state index contributed by atoms with van der Waals surface area (Å²) < 4.78 is 0. The van der Waals surface area contributed by atoms with Crippen molar-refractivity contribution < 1.29 is 0 Å². The highest BCUT2D eigenvalue weighted by Gasteiger charge is 2.06. The van der Waals surface area contributed by atoms with E-state index >= 15 is 0 Å². The predicted octanol–water partition coefficient (Wildman–Crippen LogP) is 4.02. The van der Waals surface area contributed by atoms with E-state index in [-0.39, 0.29) is 0 Å². The van der Waals surface area contributed by atoms with Crippen LogP contribution in [0, 0.1) is 11.3 Å². The molecule has 0 unspecified atom stereocenters. The summed E-state index contributed by atoms with van der Waals surface area (Å²) in [4.78, 5) is 0. The summed E-state index contributed by atoms with van der Waals surface area (Å²) in [7, 11) is 0. The van der Waals surface area contributed by atoms with Crippen LogP contribution < -0.4 is 0 Å². The molecular formula is C15H11N. The summed E-state index contributed by atoms with van der Waals surface area (Å²) >= 11 is 0. The van der Waals surface area contributed by atoms with Gasteiger partial charge in [0.25, 0.3) is 0 Å². The van der Waals surface area contributed by atoms with Gasteiger partial charge in [0.05, 0.1) is 6.07 Å². The SMILES string of the molecule is C1=Cc2cccc3cccc1c23.C=CC#N. The lowest BCUT2D eigenvalue weighted by molar-refractivity contribution is 1.54. The highest BCUT2D eigenvalue weighted by Crippen LogP contribution is 2.30. The highest BCUT2D eigenvalue weighted by atomic mass is 14.2. The fraction of sp³-hybridized carbons (Fsp3) is 0. The van der Waals surface area contributed by atoms with Gasteiger partial charge in [-0.05, 0) is 21.9 Å². The first-order valence-corrected chi connectivity index (χ1v) is 5.07. The Bertz CT molecular complexity index is 560. The predicted molar refractivity (Wildman–Crippen MR) is 68.7 cm³/mol. The number of benzene rings is 2. The fourth-order valence-corrected chi connectivity index (χ4v) is 1.86. The van der Waals surface area contributed by atoms with Crippen LogP contribution in [-0.2, 0) is 0 Å². The zero-order valence-electron chi connectivity index (χ0n) is 8.85. The summed E-state index contributed by atoms with van der Waals surface area (Å²) in [5.74, 6) is 0. The quantitative estimate of drug-likeness (QED) is 0.508. The van der Waals surface area contributed by atoms with Gasteiger partial charge in [-0.2, -0.15) is 5.26 Å². The van der Waals surface area contributed by atoms with Crippen LogP contribution in [0.15, 0.2) is 49.1 Å². The Morgan fingerprint density at radius 2 is 1.50 bits per heavy atom.